The molecule has 0 radical (unpaired) electrons. The zero-order valence-corrected chi connectivity index (χ0v) is 18.1. The number of piperidine rings is 1. The summed E-state index contributed by atoms with van der Waals surface area (Å²) in [4.78, 5) is 7.57. The van der Waals surface area contributed by atoms with E-state index in [0.717, 1.165) is 73.2 Å². The quantitative estimate of drug-likeness (QED) is 0.702. The molecular weight excluding hydrogens is 386 g/mol. The highest BCUT2D eigenvalue weighted by Gasteiger charge is 2.22. The van der Waals surface area contributed by atoms with Crippen molar-refractivity contribution >= 4 is 16.9 Å². The molecule has 2 aliphatic heterocycles. The van der Waals surface area contributed by atoms with E-state index in [1.54, 1.807) is 0 Å². The predicted octanol–water partition coefficient (Wildman–Crippen LogP) is 3.80. The fraction of sp³-hybridized carbons (Fsp3) is 0.440. The van der Waals surface area contributed by atoms with Crippen molar-refractivity contribution in [3.8, 4) is 17.2 Å². The van der Waals surface area contributed by atoms with E-state index in [4.69, 9.17) is 9.72 Å². The van der Waals surface area contributed by atoms with Crippen LogP contribution in [0, 0.1) is 17.2 Å². The van der Waals surface area contributed by atoms with E-state index in [2.05, 4.69) is 46.1 Å². The number of hydrogen-bond acceptors (Lipinski definition) is 5. The standard InChI is InChI=1S/C25H29N5O/c1-18-6-10-29(11-7-18)25-22(20-4-2-19(15-26)3-5-20)14-24-23(28-25)8-12-30(24)17-21-16-27-9-13-31-21/h2-5,8,12,14,18,21,27H,6-7,9-11,13,16-17H2,1H3/t21-/m1/s1. The Morgan fingerprint density at radius 2 is 2.00 bits per heavy atom. The SMILES string of the molecule is CC1CCN(c2nc3ccn(C[C@H]4CNCCO4)c3cc2-c2ccc(C#N)cc2)CC1. The Hall–Kier alpha value is -2.88. The normalized spacial score (nSPS) is 20.1. The number of morpholine rings is 1. The van der Waals surface area contributed by atoms with Crippen LogP contribution in [0.3, 0.4) is 0 Å². The summed E-state index contributed by atoms with van der Waals surface area (Å²) in [6.45, 7) is 7.76. The maximum absolute atomic E-state index is 9.20. The lowest BCUT2D eigenvalue weighted by Gasteiger charge is -2.32. The van der Waals surface area contributed by atoms with Crippen molar-refractivity contribution in [2.75, 3.05) is 37.7 Å². The molecule has 2 fully saturated rings. The van der Waals surface area contributed by atoms with Crippen molar-refractivity contribution in [2.24, 2.45) is 5.92 Å². The van der Waals surface area contributed by atoms with Crippen molar-refractivity contribution in [2.45, 2.75) is 32.4 Å². The molecule has 0 saturated carbocycles. The summed E-state index contributed by atoms with van der Waals surface area (Å²) in [5.41, 5.74) is 5.06. The molecule has 0 spiro atoms. The zero-order valence-electron chi connectivity index (χ0n) is 18.1. The second-order valence-corrected chi connectivity index (χ2v) is 8.79. The van der Waals surface area contributed by atoms with Crippen LogP contribution in [0.2, 0.25) is 0 Å². The van der Waals surface area contributed by atoms with Crippen LogP contribution >= 0.6 is 0 Å². The van der Waals surface area contributed by atoms with Gasteiger partial charge in [-0.1, -0.05) is 19.1 Å². The fourth-order valence-electron chi connectivity index (χ4n) is 4.61. The van der Waals surface area contributed by atoms with Crippen LogP contribution in [0.4, 0.5) is 5.82 Å². The van der Waals surface area contributed by atoms with Crippen molar-refractivity contribution in [3.63, 3.8) is 0 Å². The first kappa shape index (κ1) is 20.0. The number of pyridine rings is 1. The molecule has 0 bridgehead atoms. The van der Waals surface area contributed by atoms with Crippen LogP contribution < -0.4 is 10.2 Å². The highest BCUT2D eigenvalue weighted by molar-refractivity contribution is 5.88. The molecule has 0 unspecified atom stereocenters. The Labute approximate surface area is 183 Å². The number of anilines is 1. The maximum Gasteiger partial charge on any atom is 0.137 e. The smallest absolute Gasteiger partial charge is 0.137 e. The van der Waals surface area contributed by atoms with Gasteiger partial charge in [0.2, 0.25) is 0 Å². The van der Waals surface area contributed by atoms with Gasteiger partial charge in [-0.3, -0.25) is 0 Å². The van der Waals surface area contributed by atoms with E-state index < -0.39 is 0 Å². The third-order valence-corrected chi connectivity index (χ3v) is 6.55. The van der Waals surface area contributed by atoms with E-state index >= 15 is 0 Å². The summed E-state index contributed by atoms with van der Waals surface area (Å²) in [6, 6.07) is 14.5. The minimum absolute atomic E-state index is 0.172. The summed E-state index contributed by atoms with van der Waals surface area (Å²) in [6.07, 6.45) is 4.69. The Kier molecular flexibility index (Phi) is 5.63. The van der Waals surface area contributed by atoms with Gasteiger partial charge in [-0.15, -0.1) is 0 Å². The van der Waals surface area contributed by atoms with Gasteiger partial charge >= 0.3 is 0 Å². The van der Waals surface area contributed by atoms with Crippen molar-refractivity contribution in [1.29, 1.82) is 5.26 Å². The molecule has 31 heavy (non-hydrogen) atoms. The number of hydrogen-bond donors (Lipinski definition) is 1. The number of nitriles is 1. The van der Waals surface area contributed by atoms with Gasteiger partial charge in [0, 0.05) is 37.9 Å². The van der Waals surface area contributed by atoms with Crippen LogP contribution in [0.15, 0.2) is 42.6 Å². The van der Waals surface area contributed by atoms with Gasteiger partial charge in [0.25, 0.3) is 0 Å². The topological polar surface area (TPSA) is 66.1 Å². The summed E-state index contributed by atoms with van der Waals surface area (Å²) < 4.78 is 8.19. The molecule has 6 nitrogen and oxygen atoms in total. The molecule has 2 saturated heterocycles. The molecule has 0 aliphatic carbocycles. The van der Waals surface area contributed by atoms with Gasteiger partial charge in [0.05, 0.1) is 41.9 Å². The fourth-order valence-corrected chi connectivity index (χ4v) is 4.61. The highest BCUT2D eigenvalue weighted by atomic mass is 16.5. The van der Waals surface area contributed by atoms with Gasteiger partial charge < -0.3 is 19.5 Å². The third-order valence-electron chi connectivity index (χ3n) is 6.55. The van der Waals surface area contributed by atoms with Crippen LogP contribution in [0.1, 0.15) is 25.3 Å². The lowest BCUT2D eigenvalue weighted by atomic mass is 9.97. The first-order valence-corrected chi connectivity index (χ1v) is 11.3. The number of fused-ring (bicyclic) bond motifs is 1. The van der Waals surface area contributed by atoms with Gasteiger partial charge in [-0.05, 0) is 48.6 Å². The predicted molar refractivity (Wildman–Crippen MR) is 123 cm³/mol. The van der Waals surface area contributed by atoms with E-state index in [0.29, 0.717) is 5.56 Å². The lowest BCUT2D eigenvalue weighted by molar-refractivity contribution is 0.0189. The Morgan fingerprint density at radius 3 is 2.71 bits per heavy atom. The zero-order chi connectivity index (χ0) is 21.2. The average molecular weight is 416 g/mol. The average Bonchev–Trinajstić information content (AvgIpc) is 3.21. The molecule has 5 rings (SSSR count). The summed E-state index contributed by atoms with van der Waals surface area (Å²) >= 11 is 0. The second kappa shape index (κ2) is 8.70. The molecule has 3 aromatic rings. The molecule has 160 valence electrons. The number of aromatic nitrogens is 2. The number of benzene rings is 1. The minimum Gasteiger partial charge on any atom is -0.374 e. The Balaban J connectivity index is 1.56. The van der Waals surface area contributed by atoms with E-state index in [9.17, 15) is 5.26 Å². The van der Waals surface area contributed by atoms with Gasteiger partial charge in [-0.2, -0.15) is 5.26 Å². The summed E-state index contributed by atoms with van der Waals surface area (Å²) in [7, 11) is 0. The molecule has 1 N–H and O–H groups in total. The molecular formula is C25H29N5O. The largest absolute Gasteiger partial charge is 0.374 e. The van der Waals surface area contributed by atoms with Crippen molar-refractivity contribution < 1.29 is 4.74 Å². The first-order valence-electron chi connectivity index (χ1n) is 11.3. The van der Waals surface area contributed by atoms with Crippen molar-refractivity contribution in [1.82, 2.24) is 14.9 Å². The number of ether oxygens (including phenoxy) is 1. The summed E-state index contributed by atoms with van der Waals surface area (Å²) in [5.74, 6) is 1.82. The summed E-state index contributed by atoms with van der Waals surface area (Å²) in [5, 5.41) is 12.6. The van der Waals surface area contributed by atoms with Crippen LogP contribution in [-0.4, -0.2) is 48.4 Å². The van der Waals surface area contributed by atoms with Crippen LogP contribution in [-0.2, 0) is 11.3 Å². The minimum atomic E-state index is 0.172. The molecule has 1 aromatic carbocycles. The monoisotopic (exact) mass is 415 g/mol. The number of rotatable bonds is 4. The second-order valence-electron chi connectivity index (χ2n) is 8.79. The Bertz CT molecular complexity index is 1080. The molecule has 2 aromatic heterocycles. The van der Waals surface area contributed by atoms with Gasteiger partial charge in [-0.25, -0.2) is 4.98 Å². The molecule has 2 aliphatic rings. The molecule has 0 amide bonds. The maximum atomic E-state index is 9.20. The van der Waals surface area contributed by atoms with Gasteiger partial charge in [0.15, 0.2) is 0 Å². The Morgan fingerprint density at radius 1 is 1.19 bits per heavy atom. The molecule has 6 heteroatoms. The number of nitrogens with zero attached hydrogens (tertiary/aromatic N) is 4. The highest BCUT2D eigenvalue weighted by Crippen LogP contribution is 2.35. The van der Waals surface area contributed by atoms with Crippen LogP contribution in [0.5, 0.6) is 0 Å². The molecule has 4 heterocycles. The lowest BCUT2D eigenvalue weighted by Crippen LogP contribution is -2.40. The molecule has 1 atom stereocenters. The van der Waals surface area contributed by atoms with Gasteiger partial charge in [0.1, 0.15) is 5.82 Å². The van der Waals surface area contributed by atoms with Crippen LogP contribution in [0.25, 0.3) is 22.2 Å². The van der Waals surface area contributed by atoms with Crippen molar-refractivity contribution in [3.05, 3.63) is 48.2 Å². The van der Waals surface area contributed by atoms with E-state index in [1.807, 2.05) is 24.3 Å². The van der Waals surface area contributed by atoms with E-state index in [1.165, 1.54) is 12.8 Å². The number of nitrogens with one attached hydrogen (secondary N) is 1. The van der Waals surface area contributed by atoms with E-state index in [-0.39, 0.29) is 6.10 Å². The first-order chi connectivity index (χ1) is 15.2. The third kappa shape index (κ3) is 4.16.